The van der Waals surface area contributed by atoms with Crippen molar-refractivity contribution < 1.29 is 0 Å². The second-order valence-electron chi connectivity index (χ2n) is 5.18. The fraction of sp³-hybridized carbons (Fsp3) is 0.857. The van der Waals surface area contributed by atoms with Gasteiger partial charge in [0, 0.05) is 6.54 Å². The van der Waals surface area contributed by atoms with Crippen LogP contribution >= 0.6 is 0 Å². The molecule has 0 amide bonds. The van der Waals surface area contributed by atoms with Crippen LogP contribution in [0.5, 0.6) is 0 Å². The van der Waals surface area contributed by atoms with Crippen molar-refractivity contribution in [3.05, 3.63) is 12.2 Å². The molecule has 1 aliphatic heterocycles. The first-order valence-corrected chi connectivity index (χ1v) is 6.79. The van der Waals surface area contributed by atoms with E-state index < -0.39 is 0 Å². The fourth-order valence-corrected chi connectivity index (χ4v) is 2.50. The molecule has 1 saturated heterocycles. The van der Waals surface area contributed by atoms with Crippen LogP contribution in [0.25, 0.3) is 0 Å². The van der Waals surface area contributed by atoms with E-state index in [1.807, 2.05) is 0 Å². The average molecular weight is 224 g/mol. The van der Waals surface area contributed by atoms with Crippen LogP contribution in [0.1, 0.15) is 39.5 Å². The Labute approximate surface area is 101 Å². The predicted octanol–water partition coefficient (Wildman–Crippen LogP) is 2.66. The van der Waals surface area contributed by atoms with E-state index in [1.165, 1.54) is 50.9 Å². The van der Waals surface area contributed by atoms with E-state index in [-0.39, 0.29) is 0 Å². The van der Waals surface area contributed by atoms with Gasteiger partial charge in [0.15, 0.2) is 0 Å². The zero-order chi connectivity index (χ0) is 11.8. The van der Waals surface area contributed by atoms with Crippen LogP contribution in [0.4, 0.5) is 0 Å². The minimum atomic E-state index is 0.928. The summed E-state index contributed by atoms with van der Waals surface area (Å²) in [5.41, 5.74) is 1.28. The molecule has 1 unspecified atom stereocenters. The minimum Gasteiger partial charge on any atom is -0.316 e. The smallest absolute Gasteiger partial charge is 0.0187 e. The Bertz CT molecular complexity index is 195. The van der Waals surface area contributed by atoms with Crippen molar-refractivity contribution in [3.63, 3.8) is 0 Å². The standard InChI is InChI=1S/C14H28N2/c1-4-16(12-13(2)3)10-6-8-14-7-5-9-15-11-14/h14-15H,2,4-12H2,1,3H3. The van der Waals surface area contributed by atoms with Gasteiger partial charge in [-0.2, -0.15) is 0 Å². The maximum atomic E-state index is 3.99. The van der Waals surface area contributed by atoms with E-state index in [9.17, 15) is 0 Å². The van der Waals surface area contributed by atoms with Gasteiger partial charge in [-0.25, -0.2) is 0 Å². The summed E-state index contributed by atoms with van der Waals surface area (Å²) in [5, 5.41) is 3.49. The van der Waals surface area contributed by atoms with Crippen LogP contribution in [0.15, 0.2) is 12.2 Å². The largest absolute Gasteiger partial charge is 0.316 e. The summed E-state index contributed by atoms with van der Waals surface area (Å²) in [6.45, 7) is 14.3. The van der Waals surface area contributed by atoms with Crippen LogP contribution in [0.2, 0.25) is 0 Å². The van der Waals surface area contributed by atoms with E-state index in [4.69, 9.17) is 0 Å². The van der Waals surface area contributed by atoms with Gasteiger partial charge in [-0.05, 0) is 64.7 Å². The number of likely N-dealkylation sites (N-methyl/N-ethyl adjacent to an activating group) is 1. The molecular formula is C14H28N2. The summed E-state index contributed by atoms with van der Waals surface area (Å²) < 4.78 is 0. The minimum absolute atomic E-state index is 0.928. The van der Waals surface area contributed by atoms with Crippen molar-refractivity contribution in [3.8, 4) is 0 Å². The molecule has 0 saturated carbocycles. The summed E-state index contributed by atoms with van der Waals surface area (Å²) in [6, 6.07) is 0. The van der Waals surface area contributed by atoms with Gasteiger partial charge in [-0.1, -0.05) is 19.1 Å². The van der Waals surface area contributed by atoms with Gasteiger partial charge in [-0.15, -0.1) is 0 Å². The van der Waals surface area contributed by atoms with Crippen LogP contribution in [0.3, 0.4) is 0 Å². The average Bonchev–Trinajstić information content (AvgIpc) is 2.28. The summed E-state index contributed by atoms with van der Waals surface area (Å²) in [7, 11) is 0. The Morgan fingerprint density at radius 2 is 2.31 bits per heavy atom. The summed E-state index contributed by atoms with van der Waals surface area (Å²) in [5.74, 6) is 0.928. The number of piperidine rings is 1. The molecule has 0 radical (unpaired) electrons. The highest BCUT2D eigenvalue weighted by Crippen LogP contribution is 2.16. The Kier molecular flexibility index (Phi) is 6.74. The lowest BCUT2D eigenvalue weighted by molar-refractivity contribution is 0.279. The van der Waals surface area contributed by atoms with Crippen molar-refractivity contribution >= 4 is 0 Å². The summed E-state index contributed by atoms with van der Waals surface area (Å²) >= 11 is 0. The Morgan fingerprint density at radius 1 is 1.50 bits per heavy atom. The van der Waals surface area contributed by atoms with Crippen LogP contribution in [-0.2, 0) is 0 Å². The molecule has 0 aliphatic carbocycles. The SMILES string of the molecule is C=C(C)CN(CC)CCCC1CCCNC1. The van der Waals surface area contributed by atoms with Gasteiger partial charge in [0.25, 0.3) is 0 Å². The van der Waals surface area contributed by atoms with Crippen molar-refractivity contribution in [1.82, 2.24) is 10.2 Å². The molecule has 0 spiro atoms. The molecule has 1 N–H and O–H groups in total. The van der Waals surface area contributed by atoms with E-state index in [0.717, 1.165) is 19.0 Å². The van der Waals surface area contributed by atoms with Crippen molar-refractivity contribution in [2.45, 2.75) is 39.5 Å². The molecule has 1 atom stereocenters. The maximum absolute atomic E-state index is 3.99. The molecule has 0 aromatic carbocycles. The molecule has 1 aliphatic rings. The molecule has 1 rings (SSSR count). The third-order valence-corrected chi connectivity index (χ3v) is 3.43. The number of nitrogens with zero attached hydrogens (tertiary/aromatic N) is 1. The molecule has 16 heavy (non-hydrogen) atoms. The summed E-state index contributed by atoms with van der Waals surface area (Å²) in [6.07, 6.45) is 5.53. The molecule has 0 aromatic heterocycles. The molecule has 0 bridgehead atoms. The second-order valence-corrected chi connectivity index (χ2v) is 5.18. The van der Waals surface area contributed by atoms with Gasteiger partial charge < -0.3 is 5.32 Å². The molecule has 1 heterocycles. The van der Waals surface area contributed by atoms with Crippen LogP contribution in [0, 0.1) is 5.92 Å². The molecule has 2 nitrogen and oxygen atoms in total. The zero-order valence-electron chi connectivity index (χ0n) is 11.1. The monoisotopic (exact) mass is 224 g/mol. The van der Waals surface area contributed by atoms with Gasteiger partial charge in [0.2, 0.25) is 0 Å². The van der Waals surface area contributed by atoms with Crippen LogP contribution < -0.4 is 5.32 Å². The zero-order valence-corrected chi connectivity index (χ0v) is 11.1. The number of hydrogen-bond acceptors (Lipinski definition) is 2. The molecular weight excluding hydrogens is 196 g/mol. The quantitative estimate of drug-likeness (QED) is 0.669. The molecule has 2 heteroatoms. The Hall–Kier alpha value is -0.340. The third kappa shape index (κ3) is 5.66. The van der Waals surface area contributed by atoms with Crippen molar-refractivity contribution in [2.24, 2.45) is 5.92 Å². The topological polar surface area (TPSA) is 15.3 Å². The normalized spacial score (nSPS) is 21.3. The van der Waals surface area contributed by atoms with Gasteiger partial charge in [0.1, 0.15) is 0 Å². The molecule has 1 fully saturated rings. The lowest BCUT2D eigenvalue weighted by Gasteiger charge is -2.25. The first kappa shape index (κ1) is 13.7. The Balaban J connectivity index is 2.09. The first-order valence-electron chi connectivity index (χ1n) is 6.79. The van der Waals surface area contributed by atoms with E-state index in [2.05, 4.69) is 30.6 Å². The summed E-state index contributed by atoms with van der Waals surface area (Å²) in [4.78, 5) is 2.50. The lowest BCUT2D eigenvalue weighted by Crippen LogP contribution is -2.31. The highest BCUT2D eigenvalue weighted by Gasteiger charge is 2.12. The van der Waals surface area contributed by atoms with Gasteiger partial charge in [-0.3, -0.25) is 4.90 Å². The highest BCUT2D eigenvalue weighted by atomic mass is 15.1. The number of nitrogens with one attached hydrogen (secondary N) is 1. The highest BCUT2D eigenvalue weighted by molar-refractivity contribution is 4.91. The van der Waals surface area contributed by atoms with Crippen LogP contribution in [-0.4, -0.2) is 37.6 Å². The maximum Gasteiger partial charge on any atom is 0.0187 e. The fourth-order valence-electron chi connectivity index (χ4n) is 2.50. The van der Waals surface area contributed by atoms with Gasteiger partial charge >= 0.3 is 0 Å². The third-order valence-electron chi connectivity index (χ3n) is 3.43. The first-order chi connectivity index (χ1) is 7.72. The van der Waals surface area contributed by atoms with E-state index in [1.54, 1.807) is 0 Å². The Morgan fingerprint density at radius 3 is 2.88 bits per heavy atom. The second kappa shape index (κ2) is 7.86. The molecule has 0 aromatic rings. The number of hydrogen-bond donors (Lipinski definition) is 1. The van der Waals surface area contributed by atoms with E-state index >= 15 is 0 Å². The van der Waals surface area contributed by atoms with Gasteiger partial charge in [0.05, 0.1) is 0 Å². The lowest BCUT2D eigenvalue weighted by atomic mass is 9.94. The van der Waals surface area contributed by atoms with E-state index in [0.29, 0.717) is 0 Å². The predicted molar refractivity (Wildman–Crippen MR) is 71.8 cm³/mol. The van der Waals surface area contributed by atoms with Crippen molar-refractivity contribution in [1.29, 1.82) is 0 Å². The van der Waals surface area contributed by atoms with Crippen molar-refractivity contribution in [2.75, 3.05) is 32.7 Å². The number of rotatable bonds is 7. The molecule has 94 valence electrons.